The number of carbonyl (C=O) groups excluding carboxylic acids is 2. The van der Waals surface area contributed by atoms with Gasteiger partial charge in [-0.15, -0.1) is 11.8 Å². The molecule has 0 bridgehead atoms. The first-order valence-electron chi connectivity index (χ1n) is 7.62. The van der Waals surface area contributed by atoms with E-state index in [0.717, 1.165) is 19.5 Å². The minimum atomic E-state index is -0.346. The number of nitrogens with zero attached hydrogens (tertiary/aromatic N) is 1. The summed E-state index contributed by atoms with van der Waals surface area (Å²) in [5, 5.41) is 5.65. The average molecular weight is 339 g/mol. The fourth-order valence-electron chi connectivity index (χ4n) is 2.44. The molecule has 126 valence electrons. The Labute approximate surface area is 140 Å². The number of rotatable bonds is 6. The minimum absolute atomic E-state index is 0.0401. The van der Waals surface area contributed by atoms with Crippen LogP contribution in [0.3, 0.4) is 0 Å². The highest BCUT2D eigenvalue weighted by Crippen LogP contribution is 2.17. The summed E-state index contributed by atoms with van der Waals surface area (Å²) in [7, 11) is 1.82. The van der Waals surface area contributed by atoms with Crippen molar-refractivity contribution in [3.8, 4) is 0 Å². The van der Waals surface area contributed by atoms with Crippen LogP contribution in [0.4, 0.5) is 10.1 Å². The monoisotopic (exact) mass is 339 g/mol. The van der Waals surface area contributed by atoms with Crippen LogP contribution in [-0.4, -0.2) is 53.9 Å². The molecule has 1 saturated heterocycles. The number of halogens is 1. The zero-order valence-corrected chi connectivity index (χ0v) is 14.2. The van der Waals surface area contributed by atoms with Crippen LogP contribution >= 0.6 is 11.8 Å². The Balaban J connectivity index is 1.76. The molecule has 0 saturated carbocycles. The number of carbonyl (C=O) groups is 2. The van der Waals surface area contributed by atoms with Gasteiger partial charge in [0.05, 0.1) is 11.0 Å². The number of nitrogens with one attached hydrogen (secondary N) is 2. The van der Waals surface area contributed by atoms with Crippen molar-refractivity contribution in [1.29, 1.82) is 0 Å². The van der Waals surface area contributed by atoms with Gasteiger partial charge in [-0.05, 0) is 44.2 Å². The Bertz CT molecular complexity index is 547. The van der Waals surface area contributed by atoms with Gasteiger partial charge in [0.15, 0.2) is 0 Å². The molecular weight excluding hydrogens is 317 g/mol. The van der Waals surface area contributed by atoms with Crippen molar-refractivity contribution in [1.82, 2.24) is 10.2 Å². The normalized spacial score (nSPS) is 18.5. The maximum atomic E-state index is 12.8. The lowest BCUT2D eigenvalue weighted by Gasteiger charge is -2.26. The molecule has 0 radical (unpaired) electrons. The third kappa shape index (κ3) is 5.21. The van der Waals surface area contributed by atoms with Gasteiger partial charge in [-0.2, -0.15) is 0 Å². The second-order valence-corrected chi connectivity index (χ2v) is 6.93. The number of benzene rings is 1. The van der Waals surface area contributed by atoms with Gasteiger partial charge in [0, 0.05) is 25.3 Å². The first-order valence-corrected chi connectivity index (χ1v) is 8.66. The molecule has 1 aromatic carbocycles. The second-order valence-electron chi connectivity index (χ2n) is 5.60. The smallest absolute Gasteiger partial charge is 0.235 e. The van der Waals surface area contributed by atoms with E-state index in [4.69, 9.17) is 0 Å². The molecule has 0 aliphatic carbocycles. The first kappa shape index (κ1) is 17.7. The van der Waals surface area contributed by atoms with Gasteiger partial charge < -0.3 is 15.5 Å². The minimum Gasteiger partial charge on any atom is -0.340 e. The highest BCUT2D eigenvalue weighted by molar-refractivity contribution is 8.01. The van der Waals surface area contributed by atoms with Crippen molar-refractivity contribution in [2.24, 2.45) is 0 Å². The van der Waals surface area contributed by atoms with Crippen LogP contribution in [0.1, 0.15) is 13.3 Å². The van der Waals surface area contributed by atoms with E-state index in [9.17, 15) is 14.0 Å². The van der Waals surface area contributed by atoms with Crippen LogP contribution in [0.2, 0.25) is 0 Å². The van der Waals surface area contributed by atoms with Crippen molar-refractivity contribution < 1.29 is 14.0 Å². The summed E-state index contributed by atoms with van der Waals surface area (Å²) in [5.74, 6) is -0.327. The maximum absolute atomic E-state index is 12.8. The Morgan fingerprint density at radius 1 is 1.43 bits per heavy atom. The van der Waals surface area contributed by atoms with Crippen LogP contribution in [-0.2, 0) is 9.59 Å². The Morgan fingerprint density at radius 2 is 2.13 bits per heavy atom. The molecule has 1 heterocycles. The van der Waals surface area contributed by atoms with Crippen LogP contribution in [0, 0.1) is 5.82 Å². The summed E-state index contributed by atoms with van der Waals surface area (Å²) in [6, 6.07) is 5.83. The molecule has 2 amide bonds. The zero-order valence-electron chi connectivity index (χ0n) is 13.3. The van der Waals surface area contributed by atoms with Gasteiger partial charge in [-0.25, -0.2) is 4.39 Å². The van der Waals surface area contributed by atoms with Crippen LogP contribution < -0.4 is 10.6 Å². The molecule has 1 aliphatic heterocycles. The molecule has 7 heteroatoms. The SMILES string of the molecule is CC(SCC(=O)Nc1ccc(F)cc1)C(=O)N(C)C1CCNC1. The topological polar surface area (TPSA) is 61.4 Å². The molecule has 2 atom stereocenters. The highest BCUT2D eigenvalue weighted by Gasteiger charge is 2.26. The summed E-state index contributed by atoms with van der Waals surface area (Å²) in [4.78, 5) is 26.0. The molecule has 23 heavy (non-hydrogen) atoms. The molecule has 1 aromatic rings. The van der Waals surface area contributed by atoms with Gasteiger partial charge >= 0.3 is 0 Å². The van der Waals surface area contributed by atoms with Crippen LogP contribution in [0.25, 0.3) is 0 Å². The second kappa shape index (κ2) is 8.31. The summed E-state index contributed by atoms with van der Waals surface area (Å²) in [5.41, 5.74) is 0.546. The summed E-state index contributed by atoms with van der Waals surface area (Å²) in [6.07, 6.45) is 0.963. The summed E-state index contributed by atoms with van der Waals surface area (Å²) in [6.45, 7) is 3.58. The molecule has 1 aliphatic rings. The van der Waals surface area contributed by atoms with E-state index in [1.165, 1.54) is 36.0 Å². The largest absolute Gasteiger partial charge is 0.340 e. The van der Waals surface area contributed by atoms with Gasteiger partial charge in [0.25, 0.3) is 0 Å². The molecule has 2 N–H and O–H groups in total. The molecule has 5 nitrogen and oxygen atoms in total. The zero-order chi connectivity index (χ0) is 16.8. The van der Waals surface area contributed by atoms with Crippen molar-refractivity contribution in [3.05, 3.63) is 30.1 Å². The van der Waals surface area contributed by atoms with E-state index in [0.29, 0.717) is 5.69 Å². The fraction of sp³-hybridized carbons (Fsp3) is 0.500. The molecule has 0 aromatic heterocycles. The van der Waals surface area contributed by atoms with Crippen molar-refractivity contribution in [2.45, 2.75) is 24.6 Å². The molecule has 2 rings (SSSR count). The molecular formula is C16H22FN3O2S. The lowest BCUT2D eigenvalue weighted by atomic mass is 10.2. The number of thioether (sulfide) groups is 1. The van der Waals surface area contributed by atoms with Crippen molar-refractivity contribution in [2.75, 3.05) is 31.2 Å². The van der Waals surface area contributed by atoms with E-state index in [-0.39, 0.29) is 34.7 Å². The number of likely N-dealkylation sites (N-methyl/N-ethyl adjacent to an activating group) is 1. The third-order valence-corrected chi connectivity index (χ3v) is 5.00. The predicted molar refractivity (Wildman–Crippen MR) is 91.0 cm³/mol. The van der Waals surface area contributed by atoms with Gasteiger partial charge in [-0.1, -0.05) is 0 Å². The standard InChI is InChI=1S/C16H22FN3O2S/c1-11(16(22)20(2)14-7-8-18-9-14)23-10-15(21)19-13-5-3-12(17)4-6-13/h3-6,11,14,18H,7-10H2,1-2H3,(H,19,21). The van der Waals surface area contributed by atoms with Gasteiger partial charge in [-0.3, -0.25) is 9.59 Å². The third-order valence-electron chi connectivity index (χ3n) is 3.87. The summed E-state index contributed by atoms with van der Waals surface area (Å²) >= 11 is 1.30. The first-order chi connectivity index (χ1) is 11.0. The molecule has 2 unspecified atom stereocenters. The van der Waals surface area contributed by atoms with E-state index in [1.807, 2.05) is 14.0 Å². The van der Waals surface area contributed by atoms with Crippen molar-refractivity contribution in [3.63, 3.8) is 0 Å². The molecule has 1 fully saturated rings. The predicted octanol–water partition coefficient (Wildman–Crippen LogP) is 1.71. The van der Waals surface area contributed by atoms with Gasteiger partial charge in [0.2, 0.25) is 11.8 Å². The van der Waals surface area contributed by atoms with E-state index >= 15 is 0 Å². The lowest BCUT2D eigenvalue weighted by molar-refractivity contribution is -0.130. The van der Waals surface area contributed by atoms with E-state index in [1.54, 1.807) is 4.90 Å². The Morgan fingerprint density at radius 3 is 2.74 bits per heavy atom. The highest BCUT2D eigenvalue weighted by atomic mass is 32.2. The maximum Gasteiger partial charge on any atom is 0.235 e. The van der Waals surface area contributed by atoms with Gasteiger partial charge in [0.1, 0.15) is 5.82 Å². The summed E-state index contributed by atoms with van der Waals surface area (Å²) < 4.78 is 12.8. The Hall–Kier alpha value is -1.60. The van der Waals surface area contributed by atoms with E-state index < -0.39 is 0 Å². The number of hydrogen-bond acceptors (Lipinski definition) is 4. The number of anilines is 1. The number of amides is 2. The fourth-order valence-corrected chi connectivity index (χ4v) is 3.22. The van der Waals surface area contributed by atoms with Crippen molar-refractivity contribution >= 4 is 29.3 Å². The van der Waals surface area contributed by atoms with E-state index in [2.05, 4.69) is 10.6 Å². The average Bonchev–Trinajstić information content (AvgIpc) is 3.08. The number of hydrogen-bond donors (Lipinski definition) is 2. The van der Waals surface area contributed by atoms with Crippen LogP contribution in [0.15, 0.2) is 24.3 Å². The molecule has 0 spiro atoms. The quantitative estimate of drug-likeness (QED) is 0.828. The van der Waals surface area contributed by atoms with Crippen LogP contribution in [0.5, 0.6) is 0 Å². The lowest BCUT2D eigenvalue weighted by Crippen LogP contribution is -2.42. The Kier molecular flexibility index (Phi) is 6.41.